The molecule has 1 atom stereocenters. The number of fused-ring (bicyclic) bond motifs is 1. The lowest BCUT2D eigenvalue weighted by molar-refractivity contribution is -0.145. The van der Waals surface area contributed by atoms with Crippen LogP contribution in [0.3, 0.4) is 0 Å². The molecule has 2 aliphatic rings. The van der Waals surface area contributed by atoms with Crippen molar-refractivity contribution in [3.63, 3.8) is 0 Å². The van der Waals surface area contributed by atoms with Crippen molar-refractivity contribution in [2.45, 2.75) is 51.1 Å². The van der Waals surface area contributed by atoms with Crippen LogP contribution in [0.1, 0.15) is 31.3 Å². The number of hydrogen-bond acceptors (Lipinski definition) is 8. The minimum absolute atomic E-state index is 0.0198. The molecule has 1 fully saturated rings. The number of nitrogens with zero attached hydrogens (tertiary/aromatic N) is 6. The summed E-state index contributed by atoms with van der Waals surface area (Å²) in [5.41, 5.74) is 1.38. The number of likely N-dealkylation sites (N-methyl/N-ethyl adjacent to an activating group) is 2. The first kappa shape index (κ1) is 21.1. The van der Waals surface area contributed by atoms with Crippen molar-refractivity contribution in [1.29, 1.82) is 0 Å². The van der Waals surface area contributed by atoms with E-state index in [0.717, 1.165) is 12.4 Å². The maximum Gasteiger partial charge on any atom is 0.451 e. The topological polar surface area (TPSA) is 96.4 Å². The van der Waals surface area contributed by atoms with Gasteiger partial charge >= 0.3 is 6.18 Å². The first-order valence-electron chi connectivity index (χ1n) is 9.76. The first-order chi connectivity index (χ1) is 14.5. The molecule has 1 amide bonds. The summed E-state index contributed by atoms with van der Waals surface area (Å²) in [7, 11) is 3.54. The molecule has 0 unspecified atom stereocenters. The fraction of sp³-hybridized carbons (Fsp3) is 0.526. The van der Waals surface area contributed by atoms with Crippen molar-refractivity contribution in [2.75, 3.05) is 29.2 Å². The molecule has 9 nitrogen and oxygen atoms in total. The number of rotatable bonds is 4. The highest BCUT2D eigenvalue weighted by Gasteiger charge is 2.37. The van der Waals surface area contributed by atoms with Crippen molar-refractivity contribution in [1.82, 2.24) is 19.9 Å². The Bertz CT molecular complexity index is 993. The van der Waals surface area contributed by atoms with Gasteiger partial charge in [-0.2, -0.15) is 18.2 Å². The molecular weight excluding hydrogens is 415 g/mol. The highest BCUT2D eigenvalue weighted by Crippen LogP contribution is 2.36. The minimum atomic E-state index is -4.58. The van der Waals surface area contributed by atoms with Gasteiger partial charge in [-0.15, -0.1) is 0 Å². The molecule has 1 N–H and O–H groups in total. The van der Waals surface area contributed by atoms with E-state index in [0.29, 0.717) is 36.0 Å². The number of carbonyl (C=O) groups is 1. The molecule has 31 heavy (non-hydrogen) atoms. The number of carbonyl (C=O) groups excluding carboxylic acids is 1. The molecule has 2 aromatic heterocycles. The average Bonchev–Trinajstić information content (AvgIpc) is 2.68. The van der Waals surface area contributed by atoms with Crippen LogP contribution in [-0.2, 0) is 11.0 Å². The van der Waals surface area contributed by atoms with Gasteiger partial charge < -0.3 is 19.9 Å². The zero-order chi connectivity index (χ0) is 22.5. The Morgan fingerprint density at radius 3 is 2.42 bits per heavy atom. The third kappa shape index (κ3) is 3.93. The quantitative estimate of drug-likeness (QED) is 0.779. The van der Waals surface area contributed by atoms with E-state index in [1.54, 1.807) is 11.9 Å². The summed E-state index contributed by atoms with van der Waals surface area (Å²) < 4.78 is 43.2. The van der Waals surface area contributed by atoms with Crippen molar-refractivity contribution in [2.24, 2.45) is 0 Å². The van der Waals surface area contributed by atoms with E-state index in [2.05, 4.69) is 25.3 Å². The van der Waals surface area contributed by atoms with Crippen LogP contribution in [0.25, 0.3) is 0 Å². The van der Waals surface area contributed by atoms with E-state index in [1.807, 2.05) is 25.8 Å². The summed E-state index contributed by atoms with van der Waals surface area (Å²) in [6.07, 6.45) is -1.42. The van der Waals surface area contributed by atoms with Crippen molar-refractivity contribution >= 4 is 23.4 Å². The van der Waals surface area contributed by atoms with Gasteiger partial charge in [0.2, 0.25) is 17.7 Å². The maximum absolute atomic E-state index is 12.5. The second-order valence-electron chi connectivity index (χ2n) is 7.78. The third-order valence-corrected chi connectivity index (χ3v) is 5.59. The predicted octanol–water partition coefficient (Wildman–Crippen LogP) is 2.42. The Hall–Kier alpha value is -3.18. The monoisotopic (exact) mass is 437 g/mol. The van der Waals surface area contributed by atoms with Crippen molar-refractivity contribution in [3.05, 3.63) is 23.9 Å². The van der Waals surface area contributed by atoms with Crippen LogP contribution >= 0.6 is 0 Å². The highest BCUT2D eigenvalue weighted by molar-refractivity contribution is 6.04. The van der Waals surface area contributed by atoms with Crippen molar-refractivity contribution in [3.8, 4) is 5.75 Å². The number of amides is 1. The van der Waals surface area contributed by atoms with E-state index in [4.69, 9.17) is 4.74 Å². The van der Waals surface area contributed by atoms with Crippen LogP contribution in [0.2, 0.25) is 0 Å². The van der Waals surface area contributed by atoms with Gasteiger partial charge in [-0.1, -0.05) is 0 Å². The van der Waals surface area contributed by atoms with Gasteiger partial charge in [-0.05, 0) is 13.8 Å². The average molecular weight is 437 g/mol. The molecule has 0 bridgehead atoms. The molecule has 0 radical (unpaired) electrons. The van der Waals surface area contributed by atoms with Gasteiger partial charge in [0, 0.05) is 33.0 Å². The smallest absolute Gasteiger partial charge is 0.451 e. The van der Waals surface area contributed by atoms with Crippen LogP contribution in [0, 0.1) is 6.92 Å². The van der Waals surface area contributed by atoms with Gasteiger partial charge in [-0.3, -0.25) is 4.79 Å². The molecule has 0 spiro atoms. The zero-order valence-electron chi connectivity index (χ0n) is 17.4. The number of anilines is 3. The molecule has 0 aromatic carbocycles. The van der Waals surface area contributed by atoms with Crippen LogP contribution in [0.5, 0.6) is 5.75 Å². The van der Waals surface area contributed by atoms with E-state index >= 15 is 0 Å². The van der Waals surface area contributed by atoms with Crippen LogP contribution in [0.15, 0.2) is 12.4 Å². The Morgan fingerprint density at radius 1 is 1.16 bits per heavy atom. The molecule has 1 aliphatic heterocycles. The molecule has 4 rings (SSSR count). The number of halogens is 3. The Morgan fingerprint density at radius 2 is 1.81 bits per heavy atom. The predicted molar refractivity (Wildman–Crippen MR) is 106 cm³/mol. The van der Waals surface area contributed by atoms with Gasteiger partial charge in [0.15, 0.2) is 11.6 Å². The molecule has 3 heterocycles. The molecule has 2 aromatic rings. The molecule has 12 heteroatoms. The Balaban J connectivity index is 1.38. The summed E-state index contributed by atoms with van der Waals surface area (Å²) in [6, 6.07) is -0.268. The van der Waals surface area contributed by atoms with Gasteiger partial charge in [-0.25, -0.2) is 15.0 Å². The van der Waals surface area contributed by atoms with Crippen LogP contribution < -0.4 is 19.9 Å². The Labute approximate surface area is 176 Å². The number of aromatic nitrogens is 4. The maximum atomic E-state index is 12.5. The summed E-state index contributed by atoms with van der Waals surface area (Å²) >= 11 is 0. The van der Waals surface area contributed by atoms with Crippen LogP contribution in [0.4, 0.5) is 30.6 Å². The fourth-order valence-corrected chi connectivity index (χ4v) is 3.67. The fourth-order valence-electron chi connectivity index (χ4n) is 3.67. The lowest BCUT2D eigenvalue weighted by Crippen LogP contribution is -2.50. The summed E-state index contributed by atoms with van der Waals surface area (Å²) in [4.78, 5) is 31.4. The molecule has 166 valence electrons. The van der Waals surface area contributed by atoms with Gasteiger partial charge in [0.1, 0.15) is 17.8 Å². The molecule has 1 aliphatic carbocycles. The Kier molecular flexibility index (Phi) is 5.10. The number of hydrogen-bond donors (Lipinski definition) is 1. The zero-order valence-corrected chi connectivity index (χ0v) is 17.4. The largest absolute Gasteiger partial charge is 0.487 e. The summed E-state index contributed by atoms with van der Waals surface area (Å²) in [6.45, 7) is 3.65. The lowest BCUT2D eigenvalue weighted by Gasteiger charge is -2.38. The summed E-state index contributed by atoms with van der Waals surface area (Å²) in [5.74, 6) is 0.117. The lowest BCUT2D eigenvalue weighted by atomic mass is 9.89. The normalized spacial score (nSPS) is 23.3. The molecular formula is C19H22F3N7O2. The summed E-state index contributed by atoms with van der Waals surface area (Å²) in [5, 5.41) is 3.26. The number of nitrogens with one attached hydrogen (secondary N) is 1. The SMILES string of the molecule is Cc1nc(N[C@H]2C[C@H](Oc3cnc(C(F)(F)F)nc3)C2)nc2c1N(C)C(=O)[C@H](C)N2C. The number of aryl methyl sites for hydroxylation is 1. The number of ether oxygens (including phenoxy) is 1. The third-order valence-electron chi connectivity index (χ3n) is 5.59. The number of alkyl halides is 3. The van der Waals surface area contributed by atoms with E-state index < -0.39 is 12.0 Å². The minimum Gasteiger partial charge on any atom is -0.487 e. The first-order valence-corrected chi connectivity index (χ1v) is 9.76. The van der Waals surface area contributed by atoms with Gasteiger partial charge in [0.25, 0.3) is 0 Å². The van der Waals surface area contributed by atoms with E-state index in [1.165, 1.54) is 0 Å². The molecule has 1 saturated carbocycles. The second kappa shape index (κ2) is 7.50. The van der Waals surface area contributed by atoms with Crippen molar-refractivity contribution < 1.29 is 22.7 Å². The van der Waals surface area contributed by atoms with E-state index in [-0.39, 0.29) is 29.8 Å². The van der Waals surface area contributed by atoms with Crippen LogP contribution in [-0.4, -0.2) is 58.1 Å². The van der Waals surface area contributed by atoms with Gasteiger partial charge in [0.05, 0.1) is 18.1 Å². The molecule has 0 saturated heterocycles. The second-order valence-corrected chi connectivity index (χ2v) is 7.78. The standard InChI is InChI=1S/C19H22F3N7O2/c1-9-14-15(28(3)10(2)16(30)29(14)4)27-18(25-9)26-11-5-12(6-11)31-13-7-23-17(24-8-13)19(20,21)22/h7-8,10-12H,5-6H2,1-4H3,(H,25,26,27)/t10-,11-,12-/m0/s1. The van der Waals surface area contributed by atoms with E-state index in [9.17, 15) is 18.0 Å². The highest BCUT2D eigenvalue weighted by atomic mass is 19.4.